The van der Waals surface area contributed by atoms with Crippen LogP contribution in [0.5, 0.6) is 0 Å². The fraction of sp³-hybridized carbons (Fsp3) is 0.667. The predicted molar refractivity (Wildman–Crippen MR) is 75.6 cm³/mol. The van der Waals surface area contributed by atoms with Crippen molar-refractivity contribution in [1.29, 1.82) is 0 Å². The van der Waals surface area contributed by atoms with Crippen LogP contribution in [-0.2, 0) is 22.6 Å². The molecule has 1 aromatic rings. The number of carboxylic acids is 1. The van der Waals surface area contributed by atoms with E-state index in [9.17, 15) is 9.59 Å². The van der Waals surface area contributed by atoms with Crippen LogP contribution in [-0.4, -0.2) is 32.8 Å². The van der Waals surface area contributed by atoms with Crippen LogP contribution < -0.4 is 5.32 Å². The molecule has 2 heterocycles. The van der Waals surface area contributed by atoms with Crippen LogP contribution in [0.15, 0.2) is 12.3 Å². The lowest BCUT2D eigenvalue weighted by Gasteiger charge is -2.29. The molecule has 1 aromatic heterocycles. The molecule has 0 bridgehead atoms. The van der Waals surface area contributed by atoms with E-state index in [-0.39, 0.29) is 23.8 Å². The van der Waals surface area contributed by atoms with Gasteiger partial charge < -0.3 is 10.4 Å². The zero-order chi connectivity index (χ0) is 14.8. The fourth-order valence-corrected chi connectivity index (χ4v) is 3.39. The van der Waals surface area contributed by atoms with Crippen LogP contribution in [0.2, 0.25) is 0 Å². The summed E-state index contributed by atoms with van der Waals surface area (Å²) >= 11 is 0. The zero-order valence-electron chi connectivity index (χ0n) is 12.0. The van der Waals surface area contributed by atoms with Crippen molar-refractivity contribution in [3.63, 3.8) is 0 Å². The van der Waals surface area contributed by atoms with Gasteiger partial charge in [0.2, 0.25) is 5.91 Å². The average molecular weight is 291 g/mol. The van der Waals surface area contributed by atoms with Gasteiger partial charge in [0, 0.05) is 36.8 Å². The minimum absolute atomic E-state index is 0.0198. The molecular formula is C15H21N3O3. The van der Waals surface area contributed by atoms with Gasteiger partial charge >= 0.3 is 5.97 Å². The first-order chi connectivity index (χ1) is 10.1. The molecule has 2 aliphatic rings. The number of aryl methyl sites for hydroxylation is 1. The highest BCUT2D eigenvalue weighted by molar-refractivity contribution is 5.79. The molecule has 1 atom stereocenters. The maximum atomic E-state index is 12.4. The second-order valence-electron chi connectivity index (χ2n) is 6.13. The Labute approximate surface area is 123 Å². The number of amides is 1. The molecule has 1 aliphatic heterocycles. The van der Waals surface area contributed by atoms with Gasteiger partial charge in [0.05, 0.1) is 5.92 Å². The Bertz CT molecular complexity index is 532. The van der Waals surface area contributed by atoms with Crippen molar-refractivity contribution in [3.8, 4) is 0 Å². The summed E-state index contributed by atoms with van der Waals surface area (Å²) in [6.07, 6.45) is 6.22. The lowest BCUT2D eigenvalue weighted by atomic mass is 9.85. The summed E-state index contributed by atoms with van der Waals surface area (Å²) in [5.74, 6) is -0.810. The summed E-state index contributed by atoms with van der Waals surface area (Å²) in [5, 5.41) is 16.3. The molecule has 1 amide bonds. The molecule has 0 aromatic carbocycles. The number of carboxylic acid groups (broad SMARTS) is 1. The van der Waals surface area contributed by atoms with Crippen molar-refractivity contribution in [1.82, 2.24) is 15.1 Å². The van der Waals surface area contributed by atoms with E-state index >= 15 is 0 Å². The highest BCUT2D eigenvalue weighted by Gasteiger charge is 2.30. The molecule has 21 heavy (non-hydrogen) atoms. The van der Waals surface area contributed by atoms with Crippen LogP contribution >= 0.6 is 0 Å². The van der Waals surface area contributed by atoms with Gasteiger partial charge in [-0.1, -0.05) is 0 Å². The molecule has 1 aliphatic carbocycles. The molecule has 3 rings (SSSR count). The molecule has 2 N–H and O–H groups in total. The number of carbonyl (C=O) groups is 2. The monoisotopic (exact) mass is 291 g/mol. The molecule has 6 heteroatoms. The highest BCUT2D eigenvalue weighted by atomic mass is 16.4. The Kier molecular flexibility index (Phi) is 3.94. The zero-order valence-corrected chi connectivity index (χ0v) is 12.0. The quantitative estimate of drug-likeness (QED) is 0.876. The number of nitrogens with zero attached hydrogens (tertiary/aromatic N) is 2. The average Bonchev–Trinajstić information content (AvgIpc) is 2.95. The van der Waals surface area contributed by atoms with Gasteiger partial charge in [0.25, 0.3) is 0 Å². The topological polar surface area (TPSA) is 84.2 Å². The second kappa shape index (κ2) is 5.87. The van der Waals surface area contributed by atoms with Gasteiger partial charge in [0.15, 0.2) is 0 Å². The van der Waals surface area contributed by atoms with Crippen molar-refractivity contribution < 1.29 is 14.7 Å². The minimum Gasteiger partial charge on any atom is -0.481 e. The summed E-state index contributed by atoms with van der Waals surface area (Å²) in [6, 6.07) is 2.11. The van der Waals surface area contributed by atoms with Crippen molar-refractivity contribution in [3.05, 3.63) is 18.0 Å². The van der Waals surface area contributed by atoms with E-state index in [0.717, 1.165) is 37.9 Å². The van der Waals surface area contributed by atoms with E-state index < -0.39 is 5.97 Å². The predicted octanol–water partition coefficient (Wildman–Crippen LogP) is 1.21. The van der Waals surface area contributed by atoms with Crippen LogP contribution in [0, 0.1) is 11.8 Å². The lowest BCUT2D eigenvalue weighted by molar-refractivity contribution is -0.142. The number of aliphatic carboxylic acids is 1. The van der Waals surface area contributed by atoms with E-state index in [2.05, 4.69) is 10.4 Å². The molecule has 1 unspecified atom stereocenters. The molecule has 0 radical (unpaired) electrons. The smallest absolute Gasteiger partial charge is 0.306 e. The first-order valence-electron chi connectivity index (χ1n) is 7.67. The summed E-state index contributed by atoms with van der Waals surface area (Å²) in [7, 11) is 0. The number of nitrogens with one attached hydrogen (secondary N) is 1. The number of hydrogen-bond donors (Lipinski definition) is 2. The SMILES string of the molecule is O=C(O)C1CCC(NC(=O)C2CCn3nccc3C2)CC1. The Balaban J connectivity index is 1.50. The summed E-state index contributed by atoms with van der Waals surface area (Å²) < 4.78 is 1.96. The Morgan fingerprint density at radius 3 is 2.67 bits per heavy atom. The highest BCUT2D eigenvalue weighted by Crippen LogP contribution is 2.25. The van der Waals surface area contributed by atoms with E-state index in [0.29, 0.717) is 12.8 Å². The van der Waals surface area contributed by atoms with Gasteiger partial charge in [-0.15, -0.1) is 0 Å². The minimum atomic E-state index is -0.708. The number of hydrogen-bond acceptors (Lipinski definition) is 3. The Morgan fingerprint density at radius 2 is 1.95 bits per heavy atom. The maximum absolute atomic E-state index is 12.4. The molecule has 1 saturated carbocycles. The van der Waals surface area contributed by atoms with Crippen molar-refractivity contribution in [2.75, 3.05) is 0 Å². The first-order valence-corrected chi connectivity index (χ1v) is 7.67. The third-order valence-electron chi connectivity index (χ3n) is 4.74. The van der Waals surface area contributed by atoms with E-state index in [1.807, 2.05) is 10.7 Å². The van der Waals surface area contributed by atoms with Crippen molar-refractivity contribution in [2.45, 2.75) is 51.1 Å². The summed E-state index contributed by atoms with van der Waals surface area (Å²) in [4.78, 5) is 23.3. The Hall–Kier alpha value is -1.85. The lowest BCUT2D eigenvalue weighted by Crippen LogP contribution is -2.43. The second-order valence-corrected chi connectivity index (χ2v) is 6.13. The normalized spacial score (nSPS) is 28.7. The van der Waals surface area contributed by atoms with Crippen LogP contribution in [0.3, 0.4) is 0 Å². The van der Waals surface area contributed by atoms with Gasteiger partial charge in [0.1, 0.15) is 0 Å². The number of rotatable bonds is 3. The van der Waals surface area contributed by atoms with E-state index in [1.54, 1.807) is 6.20 Å². The third-order valence-corrected chi connectivity index (χ3v) is 4.74. The molecular weight excluding hydrogens is 270 g/mol. The van der Waals surface area contributed by atoms with Crippen LogP contribution in [0.4, 0.5) is 0 Å². The first kappa shape index (κ1) is 14.1. The summed E-state index contributed by atoms with van der Waals surface area (Å²) in [5.41, 5.74) is 1.12. The van der Waals surface area contributed by atoms with Crippen LogP contribution in [0.25, 0.3) is 0 Å². The maximum Gasteiger partial charge on any atom is 0.306 e. The number of fused-ring (bicyclic) bond motifs is 1. The molecule has 1 fully saturated rings. The number of carbonyl (C=O) groups excluding carboxylic acids is 1. The summed E-state index contributed by atoms with van der Waals surface area (Å²) in [6.45, 7) is 0.798. The van der Waals surface area contributed by atoms with Gasteiger partial charge in [-0.05, 0) is 38.2 Å². The molecule has 114 valence electrons. The largest absolute Gasteiger partial charge is 0.481 e. The number of aromatic nitrogens is 2. The van der Waals surface area contributed by atoms with Crippen molar-refractivity contribution >= 4 is 11.9 Å². The van der Waals surface area contributed by atoms with Gasteiger partial charge in [-0.2, -0.15) is 5.10 Å². The molecule has 0 spiro atoms. The fourth-order valence-electron chi connectivity index (χ4n) is 3.39. The van der Waals surface area contributed by atoms with E-state index in [1.165, 1.54) is 0 Å². The standard InChI is InChI=1S/C15H21N3O3/c19-14(11-6-8-18-13(9-11)5-7-16-18)17-12-3-1-10(2-4-12)15(20)21/h5,7,10-12H,1-4,6,8-9H2,(H,17,19)(H,20,21). The molecule has 6 nitrogen and oxygen atoms in total. The Morgan fingerprint density at radius 1 is 1.19 bits per heavy atom. The third kappa shape index (κ3) is 3.09. The van der Waals surface area contributed by atoms with Crippen molar-refractivity contribution in [2.24, 2.45) is 11.8 Å². The molecule has 0 saturated heterocycles. The van der Waals surface area contributed by atoms with E-state index in [4.69, 9.17) is 5.11 Å². The van der Waals surface area contributed by atoms with Crippen LogP contribution in [0.1, 0.15) is 37.8 Å². The van der Waals surface area contributed by atoms with Gasteiger partial charge in [-0.25, -0.2) is 0 Å². The van der Waals surface area contributed by atoms with Gasteiger partial charge in [-0.3, -0.25) is 14.3 Å².